The predicted octanol–water partition coefficient (Wildman–Crippen LogP) is 3.60. The highest BCUT2D eigenvalue weighted by Crippen LogP contribution is 2.23. The van der Waals surface area contributed by atoms with E-state index in [0.29, 0.717) is 13.1 Å². The second-order valence-electron chi connectivity index (χ2n) is 6.97. The lowest BCUT2D eigenvalue weighted by Gasteiger charge is -2.17. The summed E-state index contributed by atoms with van der Waals surface area (Å²) in [5.74, 6) is -0.326. The standard InChI is InChI=1S/C21H24N2O2/c1-14-5-8-17(9-6-14)12-23-13-18(11-20(23)24)21(25)22-19-10-15(2)4-7-16(19)3/h4-10,18H,11-13H2,1-3H3,(H,22,25). The summed E-state index contributed by atoms with van der Waals surface area (Å²) in [6, 6.07) is 14.1. The maximum Gasteiger partial charge on any atom is 0.229 e. The van der Waals surface area contributed by atoms with E-state index in [9.17, 15) is 9.59 Å². The van der Waals surface area contributed by atoms with Gasteiger partial charge in [0.15, 0.2) is 0 Å². The van der Waals surface area contributed by atoms with Crippen molar-refractivity contribution in [2.45, 2.75) is 33.7 Å². The number of rotatable bonds is 4. The highest BCUT2D eigenvalue weighted by molar-refractivity contribution is 5.97. The number of anilines is 1. The summed E-state index contributed by atoms with van der Waals surface area (Å²) in [6.45, 7) is 7.05. The van der Waals surface area contributed by atoms with Gasteiger partial charge in [-0.25, -0.2) is 0 Å². The second kappa shape index (κ2) is 7.09. The fourth-order valence-corrected chi connectivity index (χ4v) is 3.12. The molecule has 4 heteroatoms. The van der Waals surface area contributed by atoms with Crippen molar-refractivity contribution in [1.29, 1.82) is 0 Å². The Morgan fingerprint density at radius 3 is 2.48 bits per heavy atom. The molecule has 1 fully saturated rings. The quantitative estimate of drug-likeness (QED) is 0.927. The van der Waals surface area contributed by atoms with Gasteiger partial charge in [0.2, 0.25) is 11.8 Å². The summed E-state index contributed by atoms with van der Waals surface area (Å²) >= 11 is 0. The Bertz CT molecular complexity index is 796. The monoisotopic (exact) mass is 336 g/mol. The van der Waals surface area contributed by atoms with E-state index in [2.05, 4.69) is 5.32 Å². The molecule has 130 valence electrons. The summed E-state index contributed by atoms with van der Waals surface area (Å²) in [7, 11) is 0. The molecule has 2 aromatic carbocycles. The van der Waals surface area contributed by atoms with Gasteiger partial charge in [-0.15, -0.1) is 0 Å². The van der Waals surface area contributed by atoms with Crippen molar-refractivity contribution in [2.75, 3.05) is 11.9 Å². The fourth-order valence-electron chi connectivity index (χ4n) is 3.12. The van der Waals surface area contributed by atoms with Crippen LogP contribution in [0.5, 0.6) is 0 Å². The minimum atomic E-state index is -0.294. The molecule has 0 aromatic heterocycles. The van der Waals surface area contributed by atoms with Crippen LogP contribution >= 0.6 is 0 Å². The van der Waals surface area contributed by atoms with Crippen molar-refractivity contribution in [3.8, 4) is 0 Å². The van der Waals surface area contributed by atoms with Gasteiger partial charge in [0.05, 0.1) is 5.92 Å². The van der Waals surface area contributed by atoms with Crippen LogP contribution < -0.4 is 5.32 Å². The summed E-state index contributed by atoms with van der Waals surface area (Å²) in [5.41, 5.74) is 5.25. The van der Waals surface area contributed by atoms with Gasteiger partial charge in [-0.2, -0.15) is 0 Å². The number of likely N-dealkylation sites (tertiary alicyclic amines) is 1. The first-order valence-corrected chi connectivity index (χ1v) is 8.64. The zero-order valence-electron chi connectivity index (χ0n) is 15.0. The second-order valence-corrected chi connectivity index (χ2v) is 6.97. The molecular formula is C21H24N2O2. The lowest BCUT2D eigenvalue weighted by molar-refractivity contribution is -0.128. The molecule has 1 aliphatic heterocycles. The Balaban J connectivity index is 1.64. The van der Waals surface area contributed by atoms with Gasteiger partial charge in [-0.1, -0.05) is 42.0 Å². The van der Waals surface area contributed by atoms with Crippen LogP contribution in [0.4, 0.5) is 5.69 Å². The molecule has 0 saturated carbocycles. The number of hydrogen-bond acceptors (Lipinski definition) is 2. The number of nitrogens with one attached hydrogen (secondary N) is 1. The van der Waals surface area contributed by atoms with Gasteiger partial charge in [-0.05, 0) is 43.5 Å². The largest absolute Gasteiger partial charge is 0.338 e. The SMILES string of the molecule is Cc1ccc(CN2CC(C(=O)Nc3cc(C)ccc3C)CC2=O)cc1. The lowest BCUT2D eigenvalue weighted by atomic mass is 10.1. The molecular weight excluding hydrogens is 312 g/mol. The third kappa shape index (κ3) is 4.08. The zero-order valence-corrected chi connectivity index (χ0v) is 15.0. The maximum atomic E-state index is 12.6. The van der Waals surface area contributed by atoms with Crippen LogP contribution in [0.25, 0.3) is 0 Å². The highest BCUT2D eigenvalue weighted by atomic mass is 16.2. The molecule has 0 aliphatic carbocycles. The van der Waals surface area contributed by atoms with E-state index >= 15 is 0 Å². The first-order valence-electron chi connectivity index (χ1n) is 8.64. The van der Waals surface area contributed by atoms with E-state index in [1.807, 2.05) is 63.2 Å². The van der Waals surface area contributed by atoms with Crippen LogP contribution in [0.15, 0.2) is 42.5 Å². The number of carbonyl (C=O) groups excluding carboxylic acids is 2. The molecule has 1 N–H and O–H groups in total. The number of aryl methyl sites for hydroxylation is 3. The summed E-state index contributed by atoms with van der Waals surface area (Å²) in [4.78, 5) is 26.6. The topological polar surface area (TPSA) is 49.4 Å². The van der Waals surface area contributed by atoms with Crippen LogP contribution in [-0.4, -0.2) is 23.3 Å². The Morgan fingerprint density at radius 1 is 1.08 bits per heavy atom. The molecule has 1 aliphatic rings. The minimum absolute atomic E-state index is 0.0432. The van der Waals surface area contributed by atoms with Gasteiger partial charge >= 0.3 is 0 Å². The molecule has 1 unspecified atom stereocenters. The Kier molecular flexibility index (Phi) is 4.88. The average molecular weight is 336 g/mol. The van der Waals surface area contributed by atoms with E-state index in [0.717, 1.165) is 22.4 Å². The van der Waals surface area contributed by atoms with Gasteiger partial charge in [0.1, 0.15) is 0 Å². The molecule has 3 rings (SSSR count). The molecule has 1 atom stereocenters. The maximum absolute atomic E-state index is 12.6. The van der Waals surface area contributed by atoms with Crippen molar-refractivity contribution >= 4 is 17.5 Å². The van der Waals surface area contributed by atoms with E-state index in [4.69, 9.17) is 0 Å². The zero-order chi connectivity index (χ0) is 18.0. The fraction of sp³-hybridized carbons (Fsp3) is 0.333. The van der Waals surface area contributed by atoms with Crippen LogP contribution in [0.2, 0.25) is 0 Å². The van der Waals surface area contributed by atoms with E-state index in [-0.39, 0.29) is 24.2 Å². The molecule has 1 heterocycles. The third-order valence-electron chi connectivity index (χ3n) is 4.73. The molecule has 1 saturated heterocycles. The Hall–Kier alpha value is -2.62. The van der Waals surface area contributed by atoms with Crippen LogP contribution in [0.3, 0.4) is 0 Å². The molecule has 0 radical (unpaired) electrons. The number of nitrogens with zero attached hydrogens (tertiary/aromatic N) is 1. The summed E-state index contributed by atoms with van der Waals surface area (Å²) in [5, 5.41) is 2.99. The number of amides is 2. The molecule has 25 heavy (non-hydrogen) atoms. The van der Waals surface area contributed by atoms with Crippen LogP contribution in [0.1, 0.15) is 28.7 Å². The third-order valence-corrected chi connectivity index (χ3v) is 4.73. The minimum Gasteiger partial charge on any atom is -0.338 e. The van der Waals surface area contributed by atoms with Crippen molar-refractivity contribution in [3.63, 3.8) is 0 Å². The summed E-state index contributed by atoms with van der Waals surface area (Å²) in [6.07, 6.45) is 0.280. The van der Waals surface area contributed by atoms with Crippen molar-refractivity contribution in [3.05, 3.63) is 64.7 Å². The van der Waals surface area contributed by atoms with Crippen molar-refractivity contribution in [2.24, 2.45) is 5.92 Å². The lowest BCUT2D eigenvalue weighted by Crippen LogP contribution is -2.28. The molecule has 0 bridgehead atoms. The first-order chi connectivity index (χ1) is 11.9. The number of carbonyl (C=O) groups is 2. The smallest absolute Gasteiger partial charge is 0.229 e. The van der Waals surface area contributed by atoms with E-state index < -0.39 is 0 Å². The average Bonchev–Trinajstić information content (AvgIpc) is 2.94. The van der Waals surface area contributed by atoms with Crippen molar-refractivity contribution in [1.82, 2.24) is 4.90 Å². The van der Waals surface area contributed by atoms with E-state index in [1.54, 1.807) is 4.90 Å². The molecule has 2 amide bonds. The van der Waals surface area contributed by atoms with Gasteiger partial charge < -0.3 is 10.2 Å². The number of hydrogen-bond donors (Lipinski definition) is 1. The Labute approximate surface area is 148 Å². The van der Waals surface area contributed by atoms with Crippen molar-refractivity contribution < 1.29 is 9.59 Å². The van der Waals surface area contributed by atoms with Gasteiger partial charge in [0, 0.05) is 25.2 Å². The first kappa shape index (κ1) is 17.2. The van der Waals surface area contributed by atoms with E-state index in [1.165, 1.54) is 5.56 Å². The molecule has 0 spiro atoms. The summed E-state index contributed by atoms with van der Waals surface area (Å²) < 4.78 is 0. The Morgan fingerprint density at radius 2 is 1.76 bits per heavy atom. The van der Waals surface area contributed by atoms with Gasteiger partial charge in [0.25, 0.3) is 0 Å². The molecule has 4 nitrogen and oxygen atoms in total. The highest BCUT2D eigenvalue weighted by Gasteiger charge is 2.34. The predicted molar refractivity (Wildman–Crippen MR) is 99.2 cm³/mol. The normalized spacial score (nSPS) is 17.0. The van der Waals surface area contributed by atoms with Crippen LogP contribution in [0, 0.1) is 26.7 Å². The van der Waals surface area contributed by atoms with Crippen LogP contribution in [-0.2, 0) is 16.1 Å². The number of benzene rings is 2. The van der Waals surface area contributed by atoms with Gasteiger partial charge in [-0.3, -0.25) is 9.59 Å². The molecule has 2 aromatic rings.